The van der Waals surface area contributed by atoms with Crippen molar-refractivity contribution >= 4 is 24.0 Å². The Morgan fingerprint density at radius 1 is 0.850 bits per heavy atom. The van der Waals surface area contributed by atoms with Gasteiger partial charge in [-0.15, -0.1) is 0 Å². The van der Waals surface area contributed by atoms with Crippen molar-refractivity contribution < 1.29 is 43.2 Å². The second-order valence-corrected chi connectivity index (χ2v) is 10.0. The smallest absolute Gasteiger partial charge is 0.318 e. The highest BCUT2D eigenvalue weighted by atomic mass is 16.6. The van der Waals surface area contributed by atoms with Gasteiger partial charge in [0.15, 0.2) is 0 Å². The van der Waals surface area contributed by atoms with Crippen LogP contribution < -0.4 is 14.2 Å². The van der Waals surface area contributed by atoms with Crippen molar-refractivity contribution in [1.29, 1.82) is 0 Å². The number of carbonyl (C=O) groups excluding carboxylic acids is 2. The third kappa shape index (κ3) is 5.03. The number of hydrogen-bond acceptors (Lipinski definition) is 8. The fourth-order valence-electron chi connectivity index (χ4n) is 6.23. The number of carboxylic acid groups (broad SMARTS) is 1. The number of rotatable bonds is 9. The molecule has 1 N–H and O–H groups in total. The molecule has 1 fully saturated rings. The first kappa shape index (κ1) is 28.7. The summed E-state index contributed by atoms with van der Waals surface area (Å²) in [6.07, 6.45) is 1.90. The molecule has 2 aliphatic rings. The van der Waals surface area contributed by atoms with Crippen LogP contribution in [0.5, 0.6) is 17.2 Å². The standard InChI is InChI=1S/C31H34O9/c1-17-26(12-9-20-7-10-22(36-4)11-8-20)31(30(34)35)27(21-13-23(37-5)15-24(14-21)38-6)16-25(28(17)39-18(2)32)29(31)40-19(3)33/h7-15,25,27-29H,16H2,1-6H3,(H,34,35)/b12-9+. The van der Waals surface area contributed by atoms with Gasteiger partial charge in [-0.25, -0.2) is 0 Å². The molecule has 2 aromatic rings. The van der Waals surface area contributed by atoms with Gasteiger partial charge in [0.1, 0.15) is 34.9 Å². The van der Waals surface area contributed by atoms with E-state index in [0.717, 1.165) is 5.56 Å². The average molecular weight is 551 g/mol. The van der Waals surface area contributed by atoms with Crippen molar-refractivity contribution in [2.24, 2.45) is 11.3 Å². The van der Waals surface area contributed by atoms with Gasteiger partial charge in [0, 0.05) is 31.7 Å². The molecule has 0 heterocycles. The maximum Gasteiger partial charge on any atom is 0.318 e. The number of hydrogen-bond donors (Lipinski definition) is 1. The van der Waals surface area contributed by atoms with E-state index in [1.54, 1.807) is 56.5 Å². The molecule has 9 nitrogen and oxygen atoms in total. The number of ether oxygens (including phenoxy) is 5. The van der Waals surface area contributed by atoms with Crippen LogP contribution in [0.15, 0.2) is 59.7 Å². The summed E-state index contributed by atoms with van der Waals surface area (Å²) in [4.78, 5) is 38.1. The molecule has 0 aliphatic heterocycles. The molecular formula is C31H34O9. The molecule has 5 unspecified atom stereocenters. The largest absolute Gasteiger partial charge is 0.497 e. The topological polar surface area (TPSA) is 118 Å². The summed E-state index contributed by atoms with van der Waals surface area (Å²) in [6, 6.07) is 12.5. The van der Waals surface area contributed by atoms with Gasteiger partial charge in [-0.2, -0.15) is 0 Å². The van der Waals surface area contributed by atoms with E-state index in [4.69, 9.17) is 23.7 Å². The monoisotopic (exact) mass is 550 g/mol. The molecule has 0 radical (unpaired) electrons. The highest BCUT2D eigenvalue weighted by Crippen LogP contribution is 2.64. The Kier molecular flexibility index (Phi) is 8.23. The first-order valence-corrected chi connectivity index (χ1v) is 12.9. The molecule has 4 rings (SSSR count). The normalized spacial score (nSPS) is 25.4. The van der Waals surface area contributed by atoms with Crippen LogP contribution in [-0.2, 0) is 23.9 Å². The first-order chi connectivity index (χ1) is 19.1. The van der Waals surface area contributed by atoms with E-state index in [2.05, 4.69) is 0 Å². The molecule has 2 aliphatic carbocycles. The Morgan fingerprint density at radius 2 is 1.43 bits per heavy atom. The molecule has 2 aromatic carbocycles. The summed E-state index contributed by atoms with van der Waals surface area (Å²) in [5, 5.41) is 11.1. The SMILES string of the molecule is COc1ccc(/C=C/C2=C(C)C(OC(C)=O)C3CC(c4cc(OC)cc(OC)c4)C2(C(=O)O)C3OC(C)=O)cc1. The minimum absolute atomic E-state index is 0.274. The van der Waals surface area contributed by atoms with Gasteiger partial charge < -0.3 is 28.8 Å². The van der Waals surface area contributed by atoms with E-state index in [1.165, 1.54) is 28.1 Å². The highest BCUT2D eigenvalue weighted by molar-refractivity contribution is 5.86. The molecule has 1 saturated carbocycles. The van der Waals surface area contributed by atoms with Gasteiger partial charge in [-0.05, 0) is 59.9 Å². The zero-order valence-electron chi connectivity index (χ0n) is 23.4. The summed E-state index contributed by atoms with van der Waals surface area (Å²) in [7, 11) is 4.61. The Morgan fingerprint density at radius 3 is 1.93 bits per heavy atom. The summed E-state index contributed by atoms with van der Waals surface area (Å²) in [5.74, 6) is -1.88. The predicted octanol–water partition coefficient (Wildman–Crippen LogP) is 4.79. The third-order valence-corrected chi connectivity index (χ3v) is 7.86. The van der Waals surface area contributed by atoms with Gasteiger partial charge in [-0.1, -0.05) is 24.3 Å². The molecule has 0 saturated heterocycles. The Labute approximate surface area is 233 Å². The van der Waals surface area contributed by atoms with Crippen LogP contribution in [0, 0.1) is 11.3 Å². The van der Waals surface area contributed by atoms with Crippen LogP contribution in [0.4, 0.5) is 0 Å². The lowest BCUT2D eigenvalue weighted by Gasteiger charge is -2.44. The number of carbonyl (C=O) groups is 3. The fourth-order valence-corrected chi connectivity index (χ4v) is 6.23. The molecule has 0 amide bonds. The lowest BCUT2D eigenvalue weighted by atomic mass is 9.63. The molecule has 40 heavy (non-hydrogen) atoms. The maximum atomic E-state index is 13.6. The van der Waals surface area contributed by atoms with E-state index < -0.39 is 47.4 Å². The predicted molar refractivity (Wildman–Crippen MR) is 146 cm³/mol. The van der Waals surface area contributed by atoms with Crippen LogP contribution in [0.3, 0.4) is 0 Å². The number of methoxy groups -OCH3 is 3. The molecule has 2 bridgehead atoms. The highest BCUT2D eigenvalue weighted by Gasteiger charge is 2.69. The second-order valence-electron chi connectivity index (χ2n) is 10.0. The van der Waals surface area contributed by atoms with Crippen LogP contribution in [0.25, 0.3) is 6.08 Å². The summed E-state index contributed by atoms with van der Waals surface area (Å²) in [6.45, 7) is 4.32. The van der Waals surface area contributed by atoms with Gasteiger partial charge >= 0.3 is 17.9 Å². The average Bonchev–Trinajstić information content (AvgIpc) is 3.20. The van der Waals surface area contributed by atoms with Crippen LogP contribution in [-0.4, -0.2) is 56.6 Å². The van der Waals surface area contributed by atoms with E-state index in [1.807, 2.05) is 12.1 Å². The Balaban J connectivity index is 1.99. The Hall–Kier alpha value is -4.27. The summed E-state index contributed by atoms with van der Waals surface area (Å²) in [5.41, 5.74) is 0.763. The molecule has 5 atom stereocenters. The van der Waals surface area contributed by atoms with Crippen LogP contribution in [0.2, 0.25) is 0 Å². The zero-order chi connectivity index (χ0) is 29.2. The fraction of sp³-hybridized carbons (Fsp3) is 0.387. The van der Waals surface area contributed by atoms with Crippen molar-refractivity contribution in [2.45, 2.75) is 45.3 Å². The maximum absolute atomic E-state index is 13.6. The minimum Gasteiger partial charge on any atom is -0.497 e. The summed E-state index contributed by atoms with van der Waals surface area (Å²) < 4.78 is 27.8. The Bertz CT molecular complexity index is 1340. The number of allylic oxidation sites excluding steroid dienone is 1. The summed E-state index contributed by atoms with van der Waals surface area (Å²) >= 11 is 0. The van der Waals surface area contributed by atoms with Crippen LogP contribution >= 0.6 is 0 Å². The van der Waals surface area contributed by atoms with Crippen LogP contribution in [0.1, 0.15) is 44.2 Å². The van der Waals surface area contributed by atoms with Gasteiger partial charge in [0.2, 0.25) is 0 Å². The molecule has 212 valence electrons. The molecule has 0 aromatic heterocycles. The van der Waals surface area contributed by atoms with E-state index >= 15 is 0 Å². The van der Waals surface area contributed by atoms with E-state index in [0.29, 0.717) is 34.0 Å². The zero-order valence-corrected chi connectivity index (χ0v) is 23.4. The van der Waals surface area contributed by atoms with Crippen molar-refractivity contribution in [2.75, 3.05) is 21.3 Å². The number of carboxylic acids is 1. The second kappa shape index (κ2) is 11.5. The molecule has 9 heteroatoms. The van der Waals surface area contributed by atoms with Crippen molar-refractivity contribution in [3.8, 4) is 17.2 Å². The van der Waals surface area contributed by atoms with Crippen molar-refractivity contribution in [3.05, 3.63) is 70.8 Å². The lowest BCUT2D eigenvalue weighted by molar-refractivity contribution is -0.170. The van der Waals surface area contributed by atoms with Gasteiger partial charge in [0.25, 0.3) is 0 Å². The van der Waals surface area contributed by atoms with Crippen molar-refractivity contribution in [3.63, 3.8) is 0 Å². The quantitative estimate of drug-likeness (QED) is 0.440. The minimum atomic E-state index is -1.68. The first-order valence-electron chi connectivity index (χ1n) is 12.9. The van der Waals surface area contributed by atoms with Crippen molar-refractivity contribution in [1.82, 2.24) is 0 Å². The van der Waals surface area contributed by atoms with E-state index in [-0.39, 0.29) is 6.42 Å². The number of esters is 2. The lowest BCUT2D eigenvalue weighted by Crippen LogP contribution is -2.53. The number of benzene rings is 2. The van der Waals surface area contributed by atoms with Gasteiger partial charge in [-0.3, -0.25) is 14.4 Å². The number of fused-ring (bicyclic) bond motifs is 2. The molecular weight excluding hydrogens is 516 g/mol. The number of aliphatic carboxylic acids is 1. The third-order valence-electron chi connectivity index (χ3n) is 7.86. The molecule has 0 spiro atoms. The van der Waals surface area contributed by atoms with Gasteiger partial charge in [0.05, 0.1) is 21.3 Å². The van der Waals surface area contributed by atoms with E-state index in [9.17, 15) is 19.5 Å².